The molecule has 1 aromatic carbocycles. The molecule has 2 aliphatic heterocycles. The van der Waals surface area contributed by atoms with Crippen LogP contribution in [0.3, 0.4) is 0 Å². The number of ether oxygens (including phenoxy) is 1. The number of morpholine rings is 1. The van der Waals surface area contributed by atoms with Gasteiger partial charge in [0.05, 0.1) is 36.5 Å². The van der Waals surface area contributed by atoms with E-state index in [-0.39, 0.29) is 17.7 Å². The summed E-state index contributed by atoms with van der Waals surface area (Å²) < 4.78 is 5.30. The molecule has 3 atom stereocenters. The molecule has 1 saturated heterocycles. The molecule has 4 rings (SSSR count). The van der Waals surface area contributed by atoms with E-state index in [1.165, 1.54) is 0 Å². The van der Waals surface area contributed by atoms with Gasteiger partial charge in [0.2, 0.25) is 0 Å². The minimum atomic E-state index is -1.12. The van der Waals surface area contributed by atoms with Crippen LogP contribution >= 0.6 is 0 Å². The molecular formula is C18H19N2O4-. The molecule has 1 amide bonds. The van der Waals surface area contributed by atoms with Crippen LogP contribution in [0.25, 0.3) is 0 Å². The van der Waals surface area contributed by atoms with Gasteiger partial charge >= 0.3 is 0 Å². The first-order chi connectivity index (χ1) is 11.7. The number of carboxylic acid groups (broad SMARTS) is 1. The number of rotatable bonds is 2. The zero-order valence-corrected chi connectivity index (χ0v) is 13.2. The highest BCUT2D eigenvalue weighted by Gasteiger charge is 2.39. The predicted octanol–water partition coefficient (Wildman–Crippen LogP) is 0.363. The smallest absolute Gasteiger partial charge is 0.256 e. The first kappa shape index (κ1) is 15.2. The van der Waals surface area contributed by atoms with Gasteiger partial charge in [-0.1, -0.05) is 24.3 Å². The van der Waals surface area contributed by atoms with Gasteiger partial charge in [-0.05, 0) is 24.0 Å². The summed E-state index contributed by atoms with van der Waals surface area (Å²) in [5.74, 6) is -1.24. The maximum Gasteiger partial charge on any atom is 0.256 e. The molecule has 6 heteroatoms. The Hall–Kier alpha value is -2.34. The molecule has 1 fully saturated rings. The van der Waals surface area contributed by atoms with Crippen molar-refractivity contribution in [3.63, 3.8) is 0 Å². The molecule has 1 aliphatic carbocycles. The van der Waals surface area contributed by atoms with Gasteiger partial charge in [-0.3, -0.25) is 4.79 Å². The highest BCUT2D eigenvalue weighted by molar-refractivity contribution is 6.01. The molecule has 0 spiro atoms. The van der Waals surface area contributed by atoms with Gasteiger partial charge in [0.15, 0.2) is 0 Å². The Morgan fingerprint density at radius 1 is 1.25 bits per heavy atom. The summed E-state index contributed by atoms with van der Waals surface area (Å²) in [7, 11) is 0. The lowest BCUT2D eigenvalue weighted by Gasteiger charge is -2.39. The highest BCUT2D eigenvalue weighted by Crippen LogP contribution is 2.45. The van der Waals surface area contributed by atoms with Crippen LogP contribution in [0.15, 0.2) is 30.4 Å². The second kappa shape index (κ2) is 5.94. The van der Waals surface area contributed by atoms with Crippen molar-refractivity contribution >= 4 is 17.6 Å². The van der Waals surface area contributed by atoms with Crippen LogP contribution in [0.5, 0.6) is 0 Å². The molecule has 0 unspecified atom stereocenters. The van der Waals surface area contributed by atoms with E-state index < -0.39 is 12.0 Å². The van der Waals surface area contributed by atoms with E-state index in [2.05, 4.69) is 5.32 Å². The van der Waals surface area contributed by atoms with Gasteiger partial charge in [0.25, 0.3) is 5.91 Å². The summed E-state index contributed by atoms with van der Waals surface area (Å²) in [6.45, 7) is 2.17. The predicted molar refractivity (Wildman–Crippen MR) is 85.6 cm³/mol. The largest absolute Gasteiger partial charge is 0.548 e. The summed E-state index contributed by atoms with van der Waals surface area (Å²) in [6.07, 6.45) is 4.76. The number of carbonyl (C=O) groups is 2. The fourth-order valence-corrected chi connectivity index (χ4v) is 3.97. The number of carbonyl (C=O) groups excluding carboxylic acids is 2. The van der Waals surface area contributed by atoms with Crippen LogP contribution in [0, 0.1) is 5.92 Å². The summed E-state index contributed by atoms with van der Waals surface area (Å²) >= 11 is 0. The first-order valence-electron chi connectivity index (χ1n) is 8.31. The van der Waals surface area contributed by atoms with Crippen molar-refractivity contribution in [2.45, 2.75) is 18.4 Å². The maximum atomic E-state index is 12.9. The monoisotopic (exact) mass is 327 g/mol. The van der Waals surface area contributed by atoms with Crippen molar-refractivity contribution in [1.82, 2.24) is 4.90 Å². The Morgan fingerprint density at radius 2 is 2.04 bits per heavy atom. The molecule has 0 saturated carbocycles. The number of para-hydroxylation sites is 1. The van der Waals surface area contributed by atoms with E-state index >= 15 is 0 Å². The molecule has 2 heterocycles. The van der Waals surface area contributed by atoms with Gasteiger partial charge in [-0.25, -0.2) is 0 Å². The van der Waals surface area contributed by atoms with Gasteiger partial charge in [0.1, 0.15) is 0 Å². The molecule has 6 nitrogen and oxygen atoms in total. The third kappa shape index (κ3) is 2.38. The quantitative estimate of drug-likeness (QED) is 0.793. The fraction of sp³-hybridized carbons (Fsp3) is 0.444. The Balaban J connectivity index is 1.73. The molecule has 0 radical (unpaired) electrons. The second-order valence-corrected chi connectivity index (χ2v) is 6.47. The molecule has 1 N–H and O–H groups in total. The summed E-state index contributed by atoms with van der Waals surface area (Å²) in [6, 6.07) is 4.82. The minimum absolute atomic E-state index is 0.0154. The number of anilines is 1. The normalized spacial score (nSPS) is 28.0. The Morgan fingerprint density at radius 3 is 2.79 bits per heavy atom. The van der Waals surface area contributed by atoms with Crippen LogP contribution in [0.4, 0.5) is 5.69 Å². The number of aliphatic carboxylic acids is 1. The van der Waals surface area contributed by atoms with Gasteiger partial charge < -0.3 is 24.9 Å². The van der Waals surface area contributed by atoms with Crippen LogP contribution in [0.2, 0.25) is 0 Å². The van der Waals surface area contributed by atoms with Crippen molar-refractivity contribution in [2.24, 2.45) is 5.92 Å². The average molecular weight is 327 g/mol. The van der Waals surface area contributed by atoms with Crippen molar-refractivity contribution in [3.8, 4) is 0 Å². The summed E-state index contributed by atoms with van der Waals surface area (Å²) in [4.78, 5) is 26.2. The number of nitrogens with zero attached hydrogens (tertiary/aromatic N) is 1. The van der Waals surface area contributed by atoms with Crippen LogP contribution < -0.4 is 10.4 Å². The number of fused-ring (bicyclic) bond motifs is 3. The average Bonchev–Trinajstić information content (AvgIpc) is 3.10. The first-order valence-corrected chi connectivity index (χ1v) is 8.31. The van der Waals surface area contributed by atoms with E-state index in [0.29, 0.717) is 44.0 Å². The summed E-state index contributed by atoms with van der Waals surface area (Å²) in [5, 5.41) is 14.7. The van der Waals surface area contributed by atoms with Crippen LogP contribution in [0.1, 0.15) is 28.3 Å². The van der Waals surface area contributed by atoms with Gasteiger partial charge in [-0.2, -0.15) is 0 Å². The standard InChI is InChI=1S/C18H20N2O4/c21-17(20-7-9-24-10-8-20)14-6-2-4-12-11-3-1-5-13(11)16(18(22)23)19-15(12)14/h1-4,6,11,13,16,19H,5,7-10H2,(H,22,23)/p-1/t11-,13-,16+/m1/s1. The second-order valence-electron chi connectivity index (χ2n) is 6.47. The molecule has 0 bridgehead atoms. The number of allylic oxidation sites excluding steroid dienone is 2. The lowest BCUT2D eigenvalue weighted by molar-refractivity contribution is -0.308. The van der Waals surface area contributed by atoms with E-state index in [4.69, 9.17) is 4.74 Å². The van der Waals surface area contributed by atoms with Gasteiger partial charge in [0, 0.05) is 19.0 Å². The van der Waals surface area contributed by atoms with E-state index in [0.717, 1.165) is 5.56 Å². The SMILES string of the molecule is O=C([O-])[C@H]1Nc2c(C(=O)N3CCOCC3)cccc2[C@H]2C=CC[C@@H]12. The zero-order valence-electron chi connectivity index (χ0n) is 13.2. The third-order valence-corrected chi connectivity index (χ3v) is 5.18. The number of nitrogens with one attached hydrogen (secondary N) is 1. The Labute approximate surface area is 140 Å². The maximum absolute atomic E-state index is 12.9. The minimum Gasteiger partial charge on any atom is -0.548 e. The molecule has 126 valence electrons. The number of hydrogen-bond acceptors (Lipinski definition) is 5. The molecular weight excluding hydrogens is 308 g/mol. The van der Waals surface area contributed by atoms with Crippen molar-refractivity contribution < 1.29 is 19.4 Å². The van der Waals surface area contributed by atoms with Crippen LogP contribution in [-0.4, -0.2) is 49.1 Å². The number of carboxylic acids is 1. The zero-order chi connectivity index (χ0) is 16.7. The van der Waals surface area contributed by atoms with E-state index in [9.17, 15) is 14.7 Å². The fourth-order valence-electron chi connectivity index (χ4n) is 3.97. The number of hydrogen-bond donors (Lipinski definition) is 1. The highest BCUT2D eigenvalue weighted by atomic mass is 16.5. The van der Waals surface area contributed by atoms with Crippen molar-refractivity contribution in [2.75, 3.05) is 31.6 Å². The Kier molecular flexibility index (Phi) is 3.76. The molecule has 0 aromatic heterocycles. The number of amides is 1. The van der Waals surface area contributed by atoms with Gasteiger partial charge in [-0.15, -0.1) is 0 Å². The lowest BCUT2D eigenvalue weighted by atomic mass is 9.78. The molecule has 24 heavy (non-hydrogen) atoms. The van der Waals surface area contributed by atoms with E-state index in [1.54, 1.807) is 11.0 Å². The summed E-state index contributed by atoms with van der Waals surface area (Å²) in [5.41, 5.74) is 2.15. The van der Waals surface area contributed by atoms with Crippen molar-refractivity contribution in [1.29, 1.82) is 0 Å². The topological polar surface area (TPSA) is 81.7 Å². The molecule has 3 aliphatic rings. The molecule has 1 aromatic rings. The van der Waals surface area contributed by atoms with Crippen LogP contribution in [-0.2, 0) is 9.53 Å². The Bertz CT molecular complexity index is 709. The number of benzene rings is 1. The van der Waals surface area contributed by atoms with Crippen molar-refractivity contribution in [3.05, 3.63) is 41.5 Å². The lowest BCUT2D eigenvalue weighted by Crippen LogP contribution is -2.49. The third-order valence-electron chi connectivity index (χ3n) is 5.18. The van der Waals surface area contributed by atoms with E-state index in [1.807, 2.05) is 24.3 Å².